The largest absolute Gasteiger partial charge is 0.481 e. The second kappa shape index (κ2) is 8.08. The van der Waals surface area contributed by atoms with Crippen LogP contribution < -0.4 is 15.0 Å². The Morgan fingerprint density at radius 3 is 2.54 bits per heavy atom. The van der Waals surface area contributed by atoms with Crippen LogP contribution in [0.2, 0.25) is 0 Å². The molecule has 1 atom stereocenters. The van der Waals surface area contributed by atoms with Gasteiger partial charge in [-0.1, -0.05) is 36.4 Å². The maximum Gasteiger partial charge on any atom is 0.275 e. The fourth-order valence-electron chi connectivity index (χ4n) is 2.51. The van der Waals surface area contributed by atoms with E-state index < -0.39 is 22.0 Å². The van der Waals surface area contributed by atoms with Crippen molar-refractivity contribution in [2.45, 2.75) is 17.9 Å². The minimum atomic E-state index is -4.01. The topological polar surface area (TPSA) is 108 Å². The number of carbonyl (C=O) groups is 1. The number of sulfonamides is 1. The molecular formula is C20H17N3O4S. The first kappa shape index (κ1) is 19.4. The van der Waals surface area contributed by atoms with Gasteiger partial charge in [0.25, 0.3) is 15.9 Å². The summed E-state index contributed by atoms with van der Waals surface area (Å²) in [6.45, 7) is 1.51. The molecule has 0 aliphatic rings. The summed E-state index contributed by atoms with van der Waals surface area (Å²) in [5, 5.41) is 10.9. The van der Waals surface area contributed by atoms with Crippen LogP contribution >= 0.6 is 0 Å². The molecule has 0 saturated heterocycles. The second-order valence-electron chi connectivity index (χ2n) is 6.00. The van der Waals surface area contributed by atoms with Crippen LogP contribution in [0.25, 0.3) is 10.8 Å². The van der Waals surface area contributed by atoms with Gasteiger partial charge in [0.05, 0.1) is 16.5 Å². The monoisotopic (exact) mass is 395 g/mol. The summed E-state index contributed by atoms with van der Waals surface area (Å²) < 4.78 is 30.1. The Morgan fingerprint density at radius 1 is 1.04 bits per heavy atom. The first-order chi connectivity index (χ1) is 13.4. The fourth-order valence-corrected chi connectivity index (χ4v) is 3.40. The second-order valence-corrected chi connectivity index (χ2v) is 7.69. The molecule has 0 fully saturated rings. The van der Waals surface area contributed by atoms with Gasteiger partial charge in [-0.25, -0.2) is 8.42 Å². The number of rotatable bonds is 6. The quantitative estimate of drug-likeness (QED) is 0.624. The number of nitrogens with zero attached hydrogens (tertiary/aromatic N) is 1. The number of hydrogen-bond donors (Lipinski definition) is 2. The van der Waals surface area contributed by atoms with Gasteiger partial charge in [-0.15, -0.1) is 4.83 Å². The third-order valence-electron chi connectivity index (χ3n) is 3.99. The molecule has 142 valence electrons. The molecule has 3 rings (SSSR count). The highest BCUT2D eigenvalue weighted by Crippen LogP contribution is 2.21. The van der Waals surface area contributed by atoms with Gasteiger partial charge in [0, 0.05) is 0 Å². The van der Waals surface area contributed by atoms with E-state index in [1.807, 2.05) is 41.2 Å². The Balaban J connectivity index is 1.64. The number of nitrogens with one attached hydrogen (secondary N) is 2. The summed E-state index contributed by atoms with van der Waals surface area (Å²) in [6, 6.07) is 20.5. The molecule has 3 aromatic carbocycles. The Bertz CT molecular complexity index is 1170. The molecule has 2 N–H and O–H groups in total. The van der Waals surface area contributed by atoms with E-state index in [9.17, 15) is 13.2 Å². The highest BCUT2D eigenvalue weighted by Gasteiger charge is 2.19. The van der Waals surface area contributed by atoms with E-state index in [2.05, 4.69) is 5.43 Å². The van der Waals surface area contributed by atoms with Gasteiger partial charge >= 0.3 is 0 Å². The SMILES string of the molecule is C[C@@H](Oc1ccc2ccccc2c1)C(=O)NNS(=O)(=O)c1cccc(C#N)c1. The highest BCUT2D eigenvalue weighted by molar-refractivity contribution is 7.89. The normalized spacial score (nSPS) is 12.1. The molecule has 8 heteroatoms. The summed E-state index contributed by atoms with van der Waals surface area (Å²) >= 11 is 0. The summed E-state index contributed by atoms with van der Waals surface area (Å²) in [4.78, 5) is 14.1. The van der Waals surface area contributed by atoms with Crippen LogP contribution in [0.1, 0.15) is 12.5 Å². The van der Waals surface area contributed by atoms with Crippen LogP contribution in [0.5, 0.6) is 5.75 Å². The van der Waals surface area contributed by atoms with E-state index in [1.54, 1.807) is 12.1 Å². The Kier molecular flexibility index (Phi) is 5.59. The predicted molar refractivity (Wildman–Crippen MR) is 104 cm³/mol. The molecule has 0 unspecified atom stereocenters. The average Bonchev–Trinajstić information content (AvgIpc) is 2.72. The van der Waals surface area contributed by atoms with E-state index in [-0.39, 0.29) is 10.5 Å². The van der Waals surface area contributed by atoms with Crippen LogP contribution in [0.15, 0.2) is 71.6 Å². The number of carbonyl (C=O) groups excluding carboxylic acids is 1. The van der Waals surface area contributed by atoms with Crippen LogP contribution in [0, 0.1) is 11.3 Å². The number of hydrazine groups is 1. The maximum atomic E-state index is 12.3. The molecule has 7 nitrogen and oxygen atoms in total. The van der Waals surface area contributed by atoms with Crippen LogP contribution in [0.4, 0.5) is 0 Å². The third kappa shape index (κ3) is 4.46. The van der Waals surface area contributed by atoms with Crippen molar-refractivity contribution in [3.63, 3.8) is 0 Å². The number of fused-ring (bicyclic) bond motifs is 1. The first-order valence-electron chi connectivity index (χ1n) is 8.36. The lowest BCUT2D eigenvalue weighted by Gasteiger charge is -2.15. The van der Waals surface area contributed by atoms with Gasteiger partial charge in [-0.2, -0.15) is 5.26 Å². The van der Waals surface area contributed by atoms with E-state index in [1.165, 1.54) is 31.2 Å². The summed E-state index contributed by atoms with van der Waals surface area (Å²) in [5.74, 6) is -0.168. The fraction of sp³-hybridized carbons (Fsp3) is 0.100. The molecule has 28 heavy (non-hydrogen) atoms. The average molecular weight is 395 g/mol. The van der Waals surface area contributed by atoms with Gasteiger partial charge in [0.15, 0.2) is 6.10 Å². The number of benzene rings is 3. The van der Waals surface area contributed by atoms with Gasteiger partial charge < -0.3 is 4.74 Å². The number of amides is 1. The van der Waals surface area contributed by atoms with Crippen molar-refractivity contribution in [3.05, 3.63) is 72.3 Å². The summed E-state index contributed by atoms with van der Waals surface area (Å²) in [7, 11) is -4.01. The molecule has 0 aliphatic carbocycles. The van der Waals surface area contributed by atoms with Crippen molar-refractivity contribution in [2.75, 3.05) is 0 Å². The first-order valence-corrected chi connectivity index (χ1v) is 9.85. The Morgan fingerprint density at radius 2 is 1.79 bits per heavy atom. The van der Waals surface area contributed by atoms with Crippen molar-refractivity contribution in [1.29, 1.82) is 5.26 Å². The molecular weight excluding hydrogens is 378 g/mol. The van der Waals surface area contributed by atoms with Crippen molar-refractivity contribution in [3.8, 4) is 11.8 Å². The van der Waals surface area contributed by atoms with Gasteiger partial charge in [-0.05, 0) is 48.0 Å². The van der Waals surface area contributed by atoms with E-state index in [0.717, 1.165) is 10.8 Å². The maximum absolute atomic E-state index is 12.3. The lowest BCUT2D eigenvalue weighted by Crippen LogP contribution is -2.47. The van der Waals surface area contributed by atoms with Crippen LogP contribution in [0.3, 0.4) is 0 Å². The minimum absolute atomic E-state index is 0.130. The van der Waals surface area contributed by atoms with E-state index >= 15 is 0 Å². The van der Waals surface area contributed by atoms with Gasteiger partial charge in [0.1, 0.15) is 5.75 Å². The number of nitriles is 1. The number of hydrogen-bond acceptors (Lipinski definition) is 5. The van der Waals surface area contributed by atoms with Crippen LogP contribution in [-0.4, -0.2) is 20.4 Å². The van der Waals surface area contributed by atoms with Crippen molar-refractivity contribution >= 4 is 26.7 Å². The molecule has 0 aromatic heterocycles. The molecule has 1 amide bonds. The molecule has 0 aliphatic heterocycles. The lowest BCUT2D eigenvalue weighted by atomic mass is 10.1. The third-order valence-corrected chi connectivity index (χ3v) is 5.23. The standard InChI is InChI=1S/C20H17N3O4S/c1-14(27-18-10-9-16-6-2-3-7-17(16)12-18)20(24)22-23-28(25,26)19-8-4-5-15(11-19)13-21/h2-12,14,23H,1H3,(H,22,24)/t14-/m1/s1. The van der Waals surface area contributed by atoms with Crippen molar-refractivity contribution in [1.82, 2.24) is 10.3 Å². The summed E-state index contributed by atoms with van der Waals surface area (Å²) in [5.41, 5.74) is 2.33. The molecule has 0 radical (unpaired) electrons. The van der Waals surface area contributed by atoms with E-state index in [4.69, 9.17) is 10.00 Å². The van der Waals surface area contributed by atoms with Gasteiger partial charge in [0.2, 0.25) is 0 Å². The van der Waals surface area contributed by atoms with E-state index in [0.29, 0.717) is 5.75 Å². The molecule has 0 spiro atoms. The smallest absolute Gasteiger partial charge is 0.275 e. The van der Waals surface area contributed by atoms with Crippen molar-refractivity contribution < 1.29 is 17.9 Å². The summed E-state index contributed by atoms with van der Waals surface area (Å²) in [6.07, 6.45) is -0.936. The highest BCUT2D eigenvalue weighted by atomic mass is 32.2. The van der Waals surface area contributed by atoms with Gasteiger partial charge in [-0.3, -0.25) is 10.2 Å². The Labute approximate surface area is 162 Å². The lowest BCUT2D eigenvalue weighted by molar-refractivity contribution is -0.127. The van der Waals surface area contributed by atoms with Crippen molar-refractivity contribution in [2.24, 2.45) is 0 Å². The minimum Gasteiger partial charge on any atom is -0.481 e. The zero-order chi connectivity index (χ0) is 20.1. The molecule has 0 bridgehead atoms. The zero-order valence-corrected chi connectivity index (χ0v) is 15.7. The molecule has 0 heterocycles. The predicted octanol–water partition coefficient (Wildman–Crippen LogP) is 2.49. The molecule has 3 aromatic rings. The zero-order valence-electron chi connectivity index (χ0n) is 14.9. The Hall–Kier alpha value is -3.41. The molecule has 0 saturated carbocycles. The number of ether oxygens (including phenoxy) is 1. The van der Waals surface area contributed by atoms with Crippen LogP contribution in [-0.2, 0) is 14.8 Å².